The van der Waals surface area contributed by atoms with Crippen LogP contribution in [0.25, 0.3) is 0 Å². The van der Waals surface area contributed by atoms with Gasteiger partial charge in [-0.1, -0.05) is 0 Å². The van der Waals surface area contributed by atoms with Crippen molar-refractivity contribution in [3.05, 3.63) is 27.9 Å². The second-order valence-electron chi connectivity index (χ2n) is 6.18. The molecule has 0 unspecified atom stereocenters. The van der Waals surface area contributed by atoms with Gasteiger partial charge in [0.15, 0.2) is 0 Å². The lowest BCUT2D eigenvalue weighted by Crippen LogP contribution is -2.43. The van der Waals surface area contributed by atoms with Crippen LogP contribution in [0.3, 0.4) is 0 Å². The molecule has 1 aromatic heterocycles. The standard InChI is InChI=1S/C15H24N4O4S/c1-11-12(2)17-10-18(15(11)21)9-6-16-14(20)13-4-7-19(8-5-13)24(3,22)23/h10,13H,4-9H2,1-3H3,(H,16,20). The first-order valence-electron chi connectivity index (χ1n) is 7.95. The van der Waals surface area contributed by atoms with Crippen molar-refractivity contribution in [1.29, 1.82) is 0 Å². The number of piperidine rings is 1. The molecule has 24 heavy (non-hydrogen) atoms. The summed E-state index contributed by atoms with van der Waals surface area (Å²) in [5.74, 6) is -0.273. The van der Waals surface area contributed by atoms with Crippen LogP contribution in [0.5, 0.6) is 0 Å². The Labute approximate surface area is 141 Å². The number of carbonyl (C=O) groups excluding carboxylic acids is 1. The maximum absolute atomic E-state index is 12.2. The minimum absolute atomic E-state index is 0.0898. The van der Waals surface area contributed by atoms with Crippen LogP contribution in [-0.2, 0) is 21.4 Å². The van der Waals surface area contributed by atoms with E-state index in [1.54, 1.807) is 13.8 Å². The largest absolute Gasteiger partial charge is 0.354 e. The smallest absolute Gasteiger partial charge is 0.256 e. The summed E-state index contributed by atoms with van der Waals surface area (Å²) in [7, 11) is -3.18. The molecular weight excluding hydrogens is 332 g/mol. The molecule has 0 atom stereocenters. The lowest BCUT2D eigenvalue weighted by molar-refractivity contribution is -0.126. The Morgan fingerprint density at radius 2 is 1.96 bits per heavy atom. The van der Waals surface area contributed by atoms with E-state index in [1.807, 2.05) is 0 Å². The van der Waals surface area contributed by atoms with Crippen molar-refractivity contribution in [3.8, 4) is 0 Å². The van der Waals surface area contributed by atoms with Gasteiger partial charge in [-0.05, 0) is 26.7 Å². The van der Waals surface area contributed by atoms with Crippen molar-refractivity contribution in [1.82, 2.24) is 19.2 Å². The van der Waals surface area contributed by atoms with Crippen LogP contribution in [-0.4, -0.2) is 54.1 Å². The first kappa shape index (κ1) is 18.6. The zero-order valence-electron chi connectivity index (χ0n) is 14.3. The number of sulfonamides is 1. The molecule has 1 fully saturated rings. The van der Waals surface area contributed by atoms with Crippen LogP contribution in [0.1, 0.15) is 24.1 Å². The highest BCUT2D eigenvalue weighted by molar-refractivity contribution is 7.88. The number of aromatic nitrogens is 2. The second kappa shape index (κ2) is 7.43. The van der Waals surface area contributed by atoms with Crippen molar-refractivity contribution in [2.75, 3.05) is 25.9 Å². The fourth-order valence-electron chi connectivity index (χ4n) is 2.73. The molecule has 1 aromatic rings. The minimum Gasteiger partial charge on any atom is -0.354 e. The second-order valence-corrected chi connectivity index (χ2v) is 8.16. The van der Waals surface area contributed by atoms with Gasteiger partial charge in [0.2, 0.25) is 15.9 Å². The van der Waals surface area contributed by atoms with E-state index in [1.165, 1.54) is 21.5 Å². The molecule has 0 spiro atoms. The summed E-state index contributed by atoms with van der Waals surface area (Å²) in [6.07, 6.45) is 3.71. The predicted octanol–water partition coefficient (Wildman–Crippen LogP) is -0.352. The summed E-state index contributed by atoms with van der Waals surface area (Å²) in [5, 5.41) is 2.82. The third-order valence-electron chi connectivity index (χ3n) is 4.46. The van der Waals surface area contributed by atoms with Gasteiger partial charge in [0.1, 0.15) is 0 Å². The maximum atomic E-state index is 12.2. The van der Waals surface area contributed by atoms with Crippen molar-refractivity contribution >= 4 is 15.9 Å². The number of carbonyl (C=O) groups is 1. The number of nitrogens with zero attached hydrogens (tertiary/aromatic N) is 3. The molecule has 2 heterocycles. The summed E-state index contributed by atoms with van der Waals surface area (Å²) < 4.78 is 25.8. The molecule has 0 aromatic carbocycles. The maximum Gasteiger partial charge on any atom is 0.256 e. The first-order valence-corrected chi connectivity index (χ1v) is 9.80. The molecule has 1 aliphatic heterocycles. The van der Waals surface area contributed by atoms with Gasteiger partial charge in [0, 0.05) is 43.4 Å². The van der Waals surface area contributed by atoms with Crippen molar-refractivity contribution in [3.63, 3.8) is 0 Å². The number of amides is 1. The molecule has 0 radical (unpaired) electrons. The van der Waals surface area contributed by atoms with E-state index in [9.17, 15) is 18.0 Å². The van der Waals surface area contributed by atoms with Gasteiger partial charge >= 0.3 is 0 Å². The molecule has 1 saturated heterocycles. The van der Waals surface area contributed by atoms with E-state index in [2.05, 4.69) is 10.3 Å². The van der Waals surface area contributed by atoms with Gasteiger partial charge in [0.05, 0.1) is 12.6 Å². The monoisotopic (exact) mass is 356 g/mol. The summed E-state index contributed by atoms with van der Waals surface area (Å²) in [6.45, 7) is 4.96. The molecule has 0 bridgehead atoms. The molecule has 1 aliphatic rings. The van der Waals surface area contributed by atoms with E-state index in [4.69, 9.17) is 0 Å². The van der Waals surface area contributed by atoms with Gasteiger partial charge in [-0.25, -0.2) is 17.7 Å². The van der Waals surface area contributed by atoms with Crippen LogP contribution in [0.15, 0.2) is 11.1 Å². The summed E-state index contributed by atoms with van der Waals surface area (Å²) in [5.41, 5.74) is 1.22. The van der Waals surface area contributed by atoms with Crippen LogP contribution in [0.4, 0.5) is 0 Å². The molecule has 2 rings (SSSR count). The van der Waals surface area contributed by atoms with Crippen molar-refractivity contribution in [2.24, 2.45) is 5.92 Å². The zero-order chi connectivity index (χ0) is 17.9. The van der Waals surface area contributed by atoms with Gasteiger partial charge in [-0.15, -0.1) is 0 Å². The Kier molecular flexibility index (Phi) is 5.76. The summed E-state index contributed by atoms with van der Waals surface area (Å²) in [4.78, 5) is 28.4. The Hall–Kier alpha value is -1.74. The first-order chi connectivity index (χ1) is 11.2. The fourth-order valence-corrected chi connectivity index (χ4v) is 3.60. The number of rotatable bonds is 5. The lowest BCUT2D eigenvalue weighted by atomic mass is 9.97. The summed E-state index contributed by atoms with van der Waals surface area (Å²) >= 11 is 0. The Morgan fingerprint density at radius 1 is 1.33 bits per heavy atom. The average Bonchev–Trinajstić information content (AvgIpc) is 2.54. The third kappa shape index (κ3) is 4.41. The van der Waals surface area contributed by atoms with E-state index in [0.29, 0.717) is 50.3 Å². The molecular formula is C15H24N4O4S. The molecule has 134 valence electrons. The van der Waals surface area contributed by atoms with Crippen LogP contribution in [0, 0.1) is 19.8 Å². The number of aryl methyl sites for hydroxylation is 1. The minimum atomic E-state index is -3.18. The van der Waals surface area contributed by atoms with Crippen LogP contribution >= 0.6 is 0 Å². The van der Waals surface area contributed by atoms with E-state index >= 15 is 0 Å². The van der Waals surface area contributed by atoms with Crippen LogP contribution < -0.4 is 10.9 Å². The molecule has 9 heteroatoms. The highest BCUT2D eigenvalue weighted by atomic mass is 32.2. The Morgan fingerprint density at radius 3 is 2.54 bits per heavy atom. The van der Waals surface area contributed by atoms with Crippen LogP contribution in [0.2, 0.25) is 0 Å². The topological polar surface area (TPSA) is 101 Å². The summed E-state index contributed by atoms with van der Waals surface area (Å²) in [6, 6.07) is 0. The fraction of sp³-hybridized carbons (Fsp3) is 0.667. The quantitative estimate of drug-likeness (QED) is 0.777. The SMILES string of the molecule is Cc1ncn(CCNC(=O)C2CCN(S(C)(=O)=O)CC2)c(=O)c1C. The molecule has 1 amide bonds. The molecule has 1 N–H and O–H groups in total. The van der Waals surface area contributed by atoms with E-state index in [0.717, 1.165) is 0 Å². The third-order valence-corrected chi connectivity index (χ3v) is 5.76. The highest BCUT2D eigenvalue weighted by Gasteiger charge is 2.28. The number of hydrogen-bond acceptors (Lipinski definition) is 5. The van der Waals surface area contributed by atoms with Gasteiger partial charge in [-0.2, -0.15) is 0 Å². The van der Waals surface area contributed by atoms with Gasteiger partial charge < -0.3 is 5.32 Å². The number of nitrogens with one attached hydrogen (secondary N) is 1. The van der Waals surface area contributed by atoms with Gasteiger partial charge in [0.25, 0.3) is 5.56 Å². The molecule has 0 aliphatic carbocycles. The predicted molar refractivity (Wildman–Crippen MR) is 90.1 cm³/mol. The van der Waals surface area contributed by atoms with Gasteiger partial charge in [-0.3, -0.25) is 14.2 Å². The van der Waals surface area contributed by atoms with E-state index in [-0.39, 0.29) is 17.4 Å². The van der Waals surface area contributed by atoms with Crippen molar-refractivity contribution < 1.29 is 13.2 Å². The molecule has 8 nitrogen and oxygen atoms in total. The highest BCUT2D eigenvalue weighted by Crippen LogP contribution is 2.19. The van der Waals surface area contributed by atoms with E-state index < -0.39 is 10.0 Å². The zero-order valence-corrected chi connectivity index (χ0v) is 15.1. The normalized spacial score (nSPS) is 17.0. The Bertz CT molecular complexity index is 764. The Balaban J connectivity index is 1.83. The average molecular weight is 356 g/mol. The molecule has 0 saturated carbocycles. The lowest BCUT2D eigenvalue weighted by Gasteiger charge is -2.29. The van der Waals surface area contributed by atoms with Crippen molar-refractivity contribution in [2.45, 2.75) is 33.2 Å². The number of hydrogen-bond donors (Lipinski definition) is 1.